The molecule has 5 heteroatoms. The van der Waals surface area contributed by atoms with Gasteiger partial charge in [-0.05, 0) is 14.0 Å². The maximum atomic E-state index is 11.1. The first-order valence-corrected chi connectivity index (χ1v) is 4.51. The molecule has 2 atom stereocenters. The third kappa shape index (κ3) is 5.16. The lowest BCUT2D eigenvalue weighted by Crippen LogP contribution is -2.40. The van der Waals surface area contributed by atoms with Gasteiger partial charge in [-0.2, -0.15) is 0 Å². The van der Waals surface area contributed by atoms with Crippen LogP contribution in [0.3, 0.4) is 0 Å². The number of hydrogen-bond donors (Lipinski definition) is 1. The van der Waals surface area contributed by atoms with Crippen molar-refractivity contribution in [3.05, 3.63) is 0 Å². The first kappa shape index (κ1) is 13.4. The van der Waals surface area contributed by atoms with Crippen LogP contribution in [0.15, 0.2) is 0 Å². The minimum atomic E-state index is -0.417. The summed E-state index contributed by atoms with van der Waals surface area (Å²) in [7, 11) is 4.65. The van der Waals surface area contributed by atoms with Crippen LogP contribution < -0.4 is 5.32 Å². The fraction of sp³-hybridized carbons (Fsp3) is 0.889. The second-order valence-corrected chi connectivity index (χ2v) is 2.96. The Morgan fingerprint density at radius 2 is 2.00 bits per heavy atom. The lowest BCUT2D eigenvalue weighted by Gasteiger charge is -2.17. The number of hydrogen-bond acceptors (Lipinski definition) is 5. The third-order valence-electron chi connectivity index (χ3n) is 1.78. The van der Waals surface area contributed by atoms with Crippen LogP contribution in [0.25, 0.3) is 0 Å². The molecule has 0 aliphatic rings. The van der Waals surface area contributed by atoms with Gasteiger partial charge in [0.05, 0.1) is 26.4 Å². The molecule has 14 heavy (non-hydrogen) atoms. The van der Waals surface area contributed by atoms with Gasteiger partial charge in [0.25, 0.3) is 0 Å². The number of rotatable bonds is 7. The van der Waals surface area contributed by atoms with Crippen molar-refractivity contribution < 1.29 is 19.0 Å². The molecule has 0 spiro atoms. The zero-order valence-electron chi connectivity index (χ0n) is 9.20. The Labute approximate surface area is 84.7 Å². The lowest BCUT2D eigenvalue weighted by molar-refractivity contribution is -0.145. The van der Waals surface area contributed by atoms with Crippen molar-refractivity contribution in [2.24, 2.45) is 0 Å². The summed E-state index contributed by atoms with van der Waals surface area (Å²) in [6.07, 6.45) is -0.0273. The highest BCUT2D eigenvalue weighted by atomic mass is 16.5. The standard InChI is InChI=1S/C9H19NO4/c1-7(5-12-3)14-6-8(10-2)9(11)13-4/h7-8,10H,5-6H2,1-4H3. The average Bonchev–Trinajstić information content (AvgIpc) is 2.18. The van der Waals surface area contributed by atoms with E-state index >= 15 is 0 Å². The normalized spacial score (nSPS) is 14.9. The number of carbonyl (C=O) groups is 1. The largest absolute Gasteiger partial charge is 0.468 e. The van der Waals surface area contributed by atoms with Crippen LogP contribution in [0.5, 0.6) is 0 Å². The molecule has 0 aliphatic heterocycles. The van der Waals surface area contributed by atoms with E-state index in [1.165, 1.54) is 7.11 Å². The second kappa shape index (κ2) is 7.73. The summed E-state index contributed by atoms with van der Waals surface area (Å²) in [5.74, 6) is -0.322. The van der Waals surface area contributed by atoms with Crippen molar-refractivity contribution in [3.63, 3.8) is 0 Å². The van der Waals surface area contributed by atoms with Crippen molar-refractivity contribution >= 4 is 5.97 Å². The van der Waals surface area contributed by atoms with Crippen LogP contribution >= 0.6 is 0 Å². The fourth-order valence-corrected chi connectivity index (χ4v) is 0.955. The van der Waals surface area contributed by atoms with Gasteiger partial charge in [0.15, 0.2) is 0 Å². The Morgan fingerprint density at radius 3 is 2.43 bits per heavy atom. The number of esters is 1. The highest BCUT2D eigenvalue weighted by Crippen LogP contribution is 1.95. The van der Waals surface area contributed by atoms with Crippen molar-refractivity contribution in [3.8, 4) is 0 Å². The number of methoxy groups -OCH3 is 2. The Bertz CT molecular complexity index is 163. The third-order valence-corrected chi connectivity index (χ3v) is 1.78. The highest BCUT2D eigenvalue weighted by molar-refractivity contribution is 5.75. The van der Waals surface area contributed by atoms with Crippen LogP contribution in [0, 0.1) is 0 Å². The average molecular weight is 205 g/mol. The van der Waals surface area contributed by atoms with Crippen molar-refractivity contribution in [2.45, 2.75) is 19.1 Å². The predicted octanol–water partition coefficient (Wildman–Crippen LogP) is -0.201. The van der Waals surface area contributed by atoms with Crippen LogP contribution in [0.1, 0.15) is 6.92 Å². The maximum absolute atomic E-state index is 11.1. The summed E-state index contributed by atoms with van der Waals surface area (Å²) in [5.41, 5.74) is 0. The maximum Gasteiger partial charge on any atom is 0.325 e. The Hall–Kier alpha value is -0.650. The van der Waals surface area contributed by atoms with E-state index in [2.05, 4.69) is 10.1 Å². The van der Waals surface area contributed by atoms with Crippen LogP contribution in [0.2, 0.25) is 0 Å². The molecular weight excluding hydrogens is 186 g/mol. The van der Waals surface area contributed by atoms with Crippen LogP contribution in [0.4, 0.5) is 0 Å². The van der Waals surface area contributed by atoms with E-state index in [0.717, 1.165) is 0 Å². The molecule has 0 amide bonds. The van der Waals surface area contributed by atoms with Crippen LogP contribution in [-0.4, -0.2) is 52.6 Å². The fourth-order valence-electron chi connectivity index (χ4n) is 0.955. The van der Waals surface area contributed by atoms with Crippen molar-refractivity contribution in [1.29, 1.82) is 0 Å². The van der Waals surface area contributed by atoms with Crippen LogP contribution in [-0.2, 0) is 19.0 Å². The molecule has 0 bridgehead atoms. The van der Waals surface area contributed by atoms with E-state index in [0.29, 0.717) is 6.61 Å². The van der Waals surface area contributed by atoms with E-state index in [1.54, 1.807) is 14.2 Å². The van der Waals surface area contributed by atoms with Gasteiger partial charge in [-0.15, -0.1) is 0 Å². The quantitative estimate of drug-likeness (QED) is 0.583. The van der Waals surface area contributed by atoms with Gasteiger partial charge in [0.1, 0.15) is 6.04 Å². The molecule has 0 aromatic heterocycles. The van der Waals surface area contributed by atoms with E-state index < -0.39 is 6.04 Å². The smallest absolute Gasteiger partial charge is 0.325 e. The molecule has 0 aliphatic carbocycles. The molecule has 0 radical (unpaired) electrons. The SMILES string of the molecule is CNC(COC(C)COC)C(=O)OC. The van der Waals surface area contributed by atoms with Gasteiger partial charge in [-0.25, -0.2) is 0 Å². The van der Waals surface area contributed by atoms with E-state index in [4.69, 9.17) is 9.47 Å². The molecule has 0 fully saturated rings. The molecule has 0 rings (SSSR count). The highest BCUT2D eigenvalue weighted by Gasteiger charge is 2.17. The molecule has 2 unspecified atom stereocenters. The van der Waals surface area contributed by atoms with Crippen molar-refractivity contribution in [2.75, 3.05) is 34.5 Å². The van der Waals surface area contributed by atoms with Gasteiger partial charge in [0, 0.05) is 7.11 Å². The number of carbonyl (C=O) groups excluding carboxylic acids is 1. The molecule has 84 valence electrons. The number of likely N-dealkylation sites (N-methyl/N-ethyl adjacent to an activating group) is 1. The molecule has 5 nitrogen and oxygen atoms in total. The monoisotopic (exact) mass is 205 g/mol. The van der Waals surface area contributed by atoms with Gasteiger partial charge < -0.3 is 19.5 Å². The summed E-state index contributed by atoms with van der Waals surface area (Å²) < 4.78 is 14.8. The van der Waals surface area contributed by atoms with Gasteiger partial charge >= 0.3 is 5.97 Å². The molecule has 0 aromatic carbocycles. The summed E-state index contributed by atoms with van der Waals surface area (Å²) in [4.78, 5) is 11.1. The summed E-state index contributed by atoms with van der Waals surface area (Å²) in [5, 5.41) is 2.81. The van der Waals surface area contributed by atoms with Crippen molar-refractivity contribution in [1.82, 2.24) is 5.32 Å². The van der Waals surface area contributed by atoms with Gasteiger partial charge in [-0.3, -0.25) is 4.79 Å². The second-order valence-electron chi connectivity index (χ2n) is 2.96. The molecule has 0 aromatic rings. The molecular formula is C9H19NO4. The van der Waals surface area contributed by atoms with E-state index in [9.17, 15) is 4.79 Å². The summed E-state index contributed by atoms with van der Waals surface area (Å²) in [6, 6.07) is -0.417. The van der Waals surface area contributed by atoms with Gasteiger partial charge in [-0.1, -0.05) is 0 Å². The first-order chi connectivity index (χ1) is 6.65. The summed E-state index contributed by atoms with van der Waals surface area (Å²) >= 11 is 0. The number of ether oxygens (including phenoxy) is 3. The predicted molar refractivity (Wildman–Crippen MR) is 52.2 cm³/mol. The zero-order chi connectivity index (χ0) is 11.0. The Morgan fingerprint density at radius 1 is 1.36 bits per heavy atom. The first-order valence-electron chi connectivity index (χ1n) is 4.51. The van der Waals surface area contributed by atoms with E-state index in [1.807, 2.05) is 6.92 Å². The molecule has 0 heterocycles. The topological polar surface area (TPSA) is 56.8 Å². The number of nitrogens with one attached hydrogen (secondary N) is 1. The Kier molecular flexibility index (Phi) is 7.37. The summed E-state index contributed by atoms with van der Waals surface area (Å²) in [6.45, 7) is 2.68. The molecule has 1 N–H and O–H groups in total. The zero-order valence-corrected chi connectivity index (χ0v) is 9.20. The van der Waals surface area contributed by atoms with Gasteiger partial charge in [0.2, 0.25) is 0 Å². The Balaban J connectivity index is 3.77. The lowest BCUT2D eigenvalue weighted by atomic mass is 10.3. The molecule has 0 saturated heterocycles. The minimum Gasteiger partial charge on any atom is -0.468 e. The minimum absolute atomic E-state index is 0.0273. The molecule has 0 saturated carbocycles. The van der Waals surface area contributed by atoms with E-state index in [-0.39, 0.29) is 18.7 Å².